The van der Waals surface area contributed by atoms with Gasteiger partial charge in [0.2, 0.25) is 6.79 Å². The molecular weight excluding hydrogens is 422 g/mol. The lowest BCUT2D eigenvalue weighted by Crippen LogP contribution is -2.38. The number of benzene rings is 3. The predicted octanol–water partition coefficient (Wildman–Crippen LogP) is 4.02. The fraction of sp³-hybridized carbons (Fsp3) is 0.269. The zero-order chi connectivity index (χ0) is 23.2. The molecule has 1 N–H and O–H groups in total. The number of ether oxygens (including phenoxy) is 5. The highest BCUT2D eigenvalue weighted by Crippen LogP contribution is 2.33. The molecule has 172 valence electrons. The molecule has 1 heterocycles. The van der Waals surface area contributed by atoms with Crippen molar-refractivity contribution in [2.75, 3.05) is 28.1 Å². The first-order valence-corrected chi connectivity index (χ1v) is 10.6. The molecule has 0 spiro atoms. The lowest BCUT2D eigenvalue weighted by atomic mass is 9.98. The van der Waals surface area contributed by atoms with Crippen LogP contribution in [0.25, 0.3) is 0 Å². The molecule has 3 aromatic rings. The van der Waals surface area contributed by atoms with Gasteiger partial charge in [0.25, 0.3) is 5.91 Å². The first-order valence-electron chi connectivity index (χ1n) is 10.6. The van der Waals surface area contributed by atoms with Gasteiger partial charge in [0.15, 0.2) is 23.0 Å². The zero-order valence-electron chi connectivity index (χ0n) is 18.9. The van der Waals surface area contributed by atoms with Crippen molar-refractivity contribution in [1.29, 1.82) is 0 Å². The van der Waals surface area contributed by atoms with Gasteiger partial charge in [-0.3, -0.25) is 4.79 Å². The largest absolute Gasteiger partial charge is 0.497 e. The molecule has 0 aliphatic carbocycles. The average molecular weight is 450 g/mol. The summed E-state index contributed by atoms with van der Waals surface area (Å²) in [5, 5.41) is 3.18. The SMILES string of the molecule is COc1ccc(C[C@H](Cc2ccc3c(c2)OCO3)NC(=O)c2ccc(OC)c(OC)c2)cc1. The highest BCUT2D eigenvalue weighted by molar-refractivity contribution is 5.95. The quantitative estimate of drug-likeness (QED) is 0.532. The second-order valence-electron chi connectivity index (χ2n) is 7.68. The van der Waals surface area contributed by atoms with Gasteiger partial charge in [-0.1, -0.05) is 18.2 Å². The van der Waals surface area contributed by atoms with Crippen molar-refractivity contribution < 1.29 is 28.5 Å². The van der Waals surface area contributed by atoms with Gasteiger partial charge in [0, 0.05) is 11.6 Å². The number of hydrogen-bond donors (Lipinski definition) is 1. The van der Waals surface area contributed by atoms with Crippen LogP contribution in [0.2, 0.25) is 0 Å². The summed E-state index contributed by atoms with van der Waals surface area (Å²) >= 11 is 0. The van der Waals surface area contributed by atoms with Crippen LogP contribution in [0.1, 0.15) is 21.5 Å². The minimum atomic E-state index is -0.185. The second-order valence-corrected chi connectivity index (χ2v) is 7.68. The molecule has 7 nitrogen and oxygen atoms in total. The topological polar surface area (TPSA) is 75.2 Å². The molecule has 0 unspecified atom stereocenters. The van der Waals surface area contributed by atoms with Crippen LogP contribution in [-0.4, -0.2) is 40.1 Å². The van der Waals surface area contributed by atoms with Crippen LogP contribution < -0.4 is 29.0 Å². The van der Waals surface area contributed by atoms with Crippen LogP contribution in [0.3, 0.4) is 0 Å². The number of amides is 1. The summed E-state index contributed by atoms with van der Waals surface area (Å²) in [6.07, 6.45) is 1.28. The first-order chi connectivity index (χ1) is 16.1. The molecule has 0 radical (unpaired) electrons. The maximum Gasteiger partial charge on any atom is 0.251 e. The van der Waals surface area contributed by atoms with Crippen molar-refractivity contribution in [3.05, 3.63) is 77.4 Å². The summed E-state index contributed by atoms with van der Waals surface area (Å²) in [5.41, 5.74) is 2.64. The van der Waals surface area contributed by atoms with Gasteiger partial charge >= 0.3 is 0 Å². The molecule has 1 atom stereocenters. The predicted molar refractivity (Wildman–Crippen MR) is 124 cm³/mol. The Hall–Kier alpha value is -3.87. The van der Waals surface area contributed by atoms with Gasteiger partial charge < -0.3 is 29.0 Å². The van der Waals surface area contributed by atoms with Crippen molar-refractivity contribution in [1.82, 2.24) is 5.32 Å². The Morgan fingerprint density at radius 3 is 2.24 bits per heavy atom. The van der Waals surface area contributed by atoms with E-state index >= 15 is 0 Å². The summed E-state index contributed by atoms with van der Waals surface area (Å²) in [5.74, 6) is 3.15. The smallest absolute Gasteiger partial charge is 0.251 e. The van der Waals surface area contributed by atoms with Gasteiger partial charge in [0.05, 0.1) is 21.3 Å². The molecule has 1 amide bonds. The molecule has 1 aliphatic heterocycles. The van der Waals surface area contributed by atoms with Gasteiger partial charge in [-0.2, -0.15) is 0 Å². The standard InChI is InChI=1S/C26H27NO6/c1-29-21-8-4-17(5-9-21)12-20(13-18-6-10-23-25(14-18)33-16-32-23)27-26(28)19-7-11-22(30-2)24(15-19)31-3/h4-11,14-15,20H,12-13,16H2,1-3H3,(H,27,28)/t20-/m1/s1. The summed E-state index contributed by atoms with van der Waals surface area (Å²) in [6, 6.07) is 18.7. The molecular formula is C26H27NO6. The second kappa shape index (κ2) is 10.2. The van der Waals surface area contributed by atoms with Crippen LogP contribution in [0.4, 0.5) is 0 Å². The number of carbonyl (C=O) groups is 1. The fourth-order valence-corrected chi connectivity index (χ4v) is 3.82. The van der Waals surface area contributed by atoms with Crippen LogP contribution in [-0.2, 0) is 12.8 Å². The zero-order valence-corrected chi connectivity index (χ0v) is 18.9. The minimum Gasteiger partial charge on any atom is -0.497 e. The van der Waals surface area contributed by atoms with E-state index in [0.29, 0.717) is 29.9 Å². The number of hydrogen-bond acceptors (Lipinski definition) is 6. The van der Waals surface area contributed by atoms with E-state index in [1.54, 1.807) is 39.5 Å². The maximum absolute atomic E-state index is 13.1. The van der Waals surface area contributed by atoms with Gasteiger partial charge in [-0.05, 0) is 66.4 Å². The van der Waals surface area contributed by atoms with Crippen molar-refractivity contribution in [2.24, 2.45) is 0 Å². The van der Waals surface area contributed by atoms with Gasteiger partial charge in [-0.25, -0.2) is 0 Å². The summed E-state index contributed by atoms with van der Waals surface area (Å²) in [6.45, 7) is 0.226. The monoisotopic (exact) mass is 449 g/mol. The average Bonchev–Trinajstić information content (AvgIpc) is 3.32. The normalized spacial score (nSPS) is 12.7. The highest BCUT2D eigenvalue weighted by atomic mass is 16.7. The Labute approximate surface area is 193 Å². The van der Waals surface area contributed by atoms with Crippen molar-refractivity contribution in [2.45, 2.75) is 18.9 Å². The third kappa shape index (κ3) is 5.31. The third-order valence-electron chi connectivity index (χ3n) is 5.54. The molecule has 0 aromatic heterocycles. The summed E-state index contributed by atoms with van der Waals surface area (Å²) in [7, 11) is 4.75. The molecule has 33 heavy (non-hydrogen) atoms. The molecule has 0 fully saturated rings. The van der Waals surface area contributed by atoms with Crippen molar-refractivity contribution >= 4 is 5.91 Å². The third-order valence-corrected chi connectivity index (χ3v) is 5.54. The molecule has 7 heteroatoms. The van der Waals surface area contributed by atoms with E-state index in [-0.39, 0.29) is 18.7 Å². The molecule has 3 aromatic carbocycles. The Bertz CT molecular complexity index is 1110. The summed E-state index contributed by atoms with van der Waals surface area (Å²) < 4.78 is 26.8. The van der Waals surface area contributed by atoms with E-state index < -0.39 is 0 Å². The van der Waals surface area contributed by atoms with Gasteiger partial charge in [-0.15, -0.1) is 0 Å². The Kier molecular flexibility index (Phi) is 6.88. The van der Waals surface area contributed by atoms with Crippen LogP contribution in [0, 0.1) is 0 Å². The van der Waals surface area contributed by atoms with E-state index in [4.69, 9.17) is 23.7 Å². The van der Waals surface area contributed by atoms with E-state index in [0.717, 1.165) is 28.4 Å². The number of rotatable bonds is 9. The Balaban J connectivity index is 1.55. The van der Waals surface area contributed by atoms with Crippen LogP contribution in [0.5, 0.6) is 28.7 Å². The Morgan fingerprint density at radius 2 is 1.52 bits per heavy atom. The number of carbonyl (C=O) groups excluding carboxylic acids is 1. The van der Waals surface area contributed by atoms with E-state index in [1.807, 2.05) is 42.5 Å². The highest BCUT2D eigenvalue weighted by Gasteiger charge is 2.19. The maximum atomic E-state index is 13.1. The molecule has 4 rings (SSSR count). The van der Waals surface area contributed by atoms with Crippen molar-refractivity contribution in [3.63, 3.8) is 0 Å². The summed E-state index contributed by atoms with van der Waals surface area (Å²) in [4.78, 5) is 13.1. The first kappa shape index (κ1) is 22.3. The number of methoxy groups -OCH3 is 3. The molecule has 0 bridgehead atoms. The molecule has 0 saturated heterocycles. The molecule has 0 saturated carbocycles. The fourth-order valence-electron chi connectivity index (χ4n) is 3.82. The van der Waals surface area contributed by atoms with E-state index in [1.165, 1.54) is 0 Å². The van der Waals surface area contributed by atoms with Crippen LogP contribution in [0.15, 0.2) is 60.7 Å². The lowest BCUT2D eigenvalue weighted by Gasteiger charge is -2.20. The Morgan fingerprint density at radius 1 is 0.818 bits per heavy atom. The van der Waals surface area contributed by atoms with E-state index in [9.17, 15) is 4.79 Å². The minimum absolute atomic E-state index is 0.153. The lowest BCUT2D eigenvalue weighted by molar-refractivity contribution is 0.0936. The van der Waals surface area contributed by atoms with Crippen molar-refractivity contribution in [3.8, 4) is 28.7 Å². The molecule has 1 aliphatic rings. The number of nitrogens with one attached hydrogen (secondary N) is 1. The van der Waals surface area contributed by atoms with Crippen LogP contribution >= 0.6 is 0 Å². The van der Waals surface area contributed by atoms with E-state index in [2.05, 4.69) is 5.32 Å². The number of fused-ring (bicyclic) bond motifs is 1. The van der Waals surface area contributed by atoms with Gasteiger partial charge in [0.1, 0.15) is 5.75 Å².